The number of nitrogens with zero attached hydrogens (tertiary/aromatic N) is 2. The predicted molar refractivity (Wildman–Crippen MR) is 117 cm³/mol. The maximum Gasteiger partial charge on any atom is 0.240 e. The Morgan fingerprint density at radius 2 is 1.63 bits per heavy atom. The fraction of sp³-hybridized carbons (Fsp3) is 0.0455. The van der Waals surface area contributed by atoms with E-state index < -0.39 is 10.0 Å². The Hall–Kier alpha value is -3.13. The van der Waals surface area contributed by atoms with Gasteiger partial charge in [-0.05, 0) is 36.4 Å². The number of para-hydroxylation sites is 1. The van der Waals surface area contributed by atoms with Crippen molar-refractivity contribution < 1.29 is 13.2 Å². The molecule has 0 amide bonds. The molecule has 0 aliphatic rings. The van der Waals surface area contributed by atoms with Crippen molar-refractivity contribution in [1.82, 2.24) is 9.78 Å². The number of nitrogens with two attached hydrogens (primary N) is 1. The van der Waals surface area contributed by atoms with Gasteiger partial charge < -0.3 is 4.74 Å². The highest BCUT2D eigenvalue weighted by molar-refractivity contribution is 7.89. The van der Waals surface area contributed by atoms with Crippen molar-refractivity contribution in [2.45, 2.75) is 4.90 Å². The maximum absolute atomic E-state index is 12.2. The van der Waals surface area contributed by atoms with E-state index in [1.165, 1.54) is 6.07 Å². The minimum absolute atomic E-state index is 0.0198. The van der Waals surface area contributed by atoms with Crippen molar-refractivity contribution in [2.75, 3.05) is 7.11 Å². The maximum atomic E-state index is 12.2. The van der Waals surface area contributed by atoms with E-state index in [0.29, 0.717) is 27.8 Å². The number of sulfonamides is 1. The minimum Gasteiger partial charge on any atom is -0.495 e. The van der Waals surface area contributed by atoms with Crippen molar-refractivity contribution in [2.24, 2.45) is 5.14 Å². The fourth-order valence-corrected chi connectivity index (χ4v) is 4.19. The molecule has 8 heteroatoms. The lowest BCUT2D eigenvalue weighted by Crippen LogP contribution is -2.16. The van der Waals surface area contributed by atoms with Gasteiger partial charge in [-0.25, -0.2) is 18.2 Å². The zero-order chi connectivity index (χ0) is 21.3. The van der Waals surface area contributed by atoms with Crippen LogP contribution in [0.3, 0.4) is 0 Å². The average Bonchev–Trinajstić information content (AvgIpc) is 3.19. The van der Waals surface area contributed by atoms with E-state index in [2.05, 4.69) is 0 Å². The van der Waals surface area contributed by atoms with Gasteiger partial charge in [-0.3, -0.25) is 0 Å². The molecule has 4 rings (SSSR count). The van der Waals surface area contributed by atoms with Gasteiger partial charge in [0, 0.05) is 11.1 Å². The molecule has 30 heavy (non-hydrogen) atoms. The van der Waals surface area contributed by atoms with Crippen LogP contribution in [0.2, 0.25) is 5.02 Å². The van der Waals surface area contributed by atoms with Crippen molar-refractivity contribution in [1.29, 1.82) is 0 Å². The van der Waals surface area contributed by atoms with Crippen LogP contribution in [-0.4, -0.2) is 25.3 Å². The summed E-state index contributed by atoms with van der Waals surface area (Å²) in [7, 11) is -2.42. The van der Waals surface area contributed by atoms with Gasteiger partial charge in [-0.1, -0.05) is 54.1 Å². The molecule has 0 radical (unpaired) electrons. The number of halogens is 1. The van der Waals surface area contributed by atoms with Crippen LogP contribution in [0.25, 0.3) is 28.2 Å². The first-order valence-electron chi connectivity index (χ1n) is 9.00. The summed E-state index contributed by atoms with van der Waals surface area (Å²) in [5.41, 5.74) is 3.34. The summed E-state index contributed by atoms with van der Waals surface area (Å²) in [5, 5.41) is 10.6. The third kappa shape index (κ3) is 3.82. The predicted octanol–water partition coefficient (Wildman–Crippen LogP) is 4.52. The smallest absolute Gasteiger partial charge is 0.240 e. The van der Waals surface area contributed by atoms with E-state index in [1.807, 2.05) is 42.5 Å². The van der Waals surface area contributed by atoms with Crippen LogP contribution < -0.4 is 9.88 Å². The lowest BCUT2D eigenvalue weighted by molar-refractivity contribution is 0.415. The summed E-state index contributed by atoms with van der Waals surface area (Å²) < 4.78 is 31.2. The monoisotopic (exact) mass is 439 g/mol. The van der Waals surface area contributed by atoms with Crippen molar-refractivity contribution in [3.63, 3.8) is 0 Å². The van der Waals surface area contributed by atoms with Crippen LogP contribution in [0.15, 0.2) is 83.8 Å². The van der Waals surface area contributed by atoms with Gasteiger partial charge in [0.2, 0.25) is 10.0 Å². The fourth-order valence-electron chi connectivity index (χ4n) is 3.22. The minimum atomic E-state index is -3.96. The lowest BCUT2D eigenvalue weighted by Gasteiger charge is -2.12. The largest absolute Gasteiger partial charge is 0.495 e. The third-order valence-corrected chi connectivity index (χ3v) is 5.88. The number of hydrogen-bond acceptors (Lipinski definition) is 4. The second-order valence-corrected chi connectivity index (χ2v) is 8.49. The second-order valence-electron chi connectivity index (χ2n) is 6.55. The third-order valence-electron chi connectivity index (χ3n) is 4.63. The molecule has 0 saturated carbocycles. The molecular formula is C22H18ClN3O3S. The van der Waals surface area contributed by atoms with Crippen LogP contribution in [0.1, 0.15) is 0 Å². The number of ether oxygens (including phenoxy) is 1. The van der Waals surface area contributed by atoms with Crippen molar-refractivity contribution >= 4 is 21.6 Å². The zero-order valence-corrected chi connectivity index (χ0v) is 17.6. The van der Waals surface area contributed by atoms with Gasteiger partial charge in [-0.2, -0.15) is 5.10 Å². The van der Waals surface area contributed by atoms with E-state index in [9.17, 15) is 8.42 Å². The Kier molecular flexibility index (Phi) is 5.34. The topological polar surface area (TPSA) is 87.2 Å². The van der Waals surface area contributed by atoms with Crippen LogP contribution in [0, 0.1) is 0 Å². The normalized spacial score (nSPS) is 11.4. The number of rotatable bonds is 5. The Balaban J connectivity index is 1.99. The van der Waals surface area contributed by atoms with Gasteiger partial charge in [0.05, 0.1) is 29.2 Å². The standard InChI is InChI=1S/C22H18ClN3O3S/c1-29-21-12-11-16(13-17(21)23)20-14-18(15-7-3-2-4-8-15)25-26(20)19-9-5-6-10-22(19)30(24,27)28/h2-14H,1H3,(H2,24,27,28). The van der Waals surface area contributed by atoms with Crippen molar-refractivity contribution in [3.8, 4) is 34.0 Å². The zero-order valence-electron chi connectivity index (χ0n) is 16.0. The molecule has 0 atom stereocenters. The van der Waals surface area contributed by atoms with E-state index in [1.54, 1.807) is 42.1 Å². The number of hydrogen-bond donors (Lipinski definition) is 1. The summed E-state index contributed by atoms with van der Waals surface area (Å²) in [4.78, 5) is -0.0198. The highest BCUT2D eigenvalue weighted by Crippen LogP contribution is 2.34. The molecule has 6 nitrogen and oxygen atoms in total. The number of aromatic nitrogens is 2. The second kappa shape index (κ2) is 7.95. The molecule has 0 saturated heterocycles. The number of primary sulfonamides is 1. The highest BCUT2D eigenvalue weighted by Gasteiger charge is 2.20. The SMILES string of the molecule is COc1ccc(-c2cc(-c3ccccc3)nn2-c2ccccc2S(N)(=O)=O)cc1Cl. The lowest BCUT2D eigenvalue weighted by atomic mass is 10.1. The summed E-state index contributed by atoms with van der Waals surface area (Å²) in [6, 6.07) is 23.3. The van der Waals surface area contributed by atoms with E-state index in [-0.39, 0.29) is 4.90 Å². The first-order chi connectivity index (χ1) is 14.4. The van der Waals surface area contributed by atoms with Gasteiger partial charge in [-0.15, -0.1) is 0 Å². The van der Waals surface area contributed by atoms with Crippen LogP contribution in [-0.2, 0) is 10.0 Å². The molecule has 0 spiro atoms. The van der Waals surface area contributed by atoms with Gasteiger partial charge >= 0.3 is 0 Å². The summed E-state index contributed by atoms with van der Waals surface area (Å²) >= 11 is 6.33. The Morgan fingerprint density at radius 3 is 2.30 bits per heavy atom. The molecule has 2 N–H and O–H groups in total. The Morgan fingerprint density at radius 1 is 0.933 bits per heavy atom. The molecular weight excluding hydrogens is 422 g/mol. The highest BCUT2D eigenvalue weighted by atomic mass is 35.5. The summed E-state index contributed by atoms with van der Waals surface area (Å²) in [6.07, 6.45) is 0. The van der Waals surface area contributed by atoms with Crippen LogP contribution >= 0.6 is 11.6 Å². The quantitative estimate of drug-likeness (QED) is 0.495. The van der Waals surface area contributed by atoms with E-state index >= 15 is 0 Å². The molecule has 0 aliphatic carbocycles. The molecule has 152 valence electrons. The van der Waals surface area contributed by atoms with Gasteiger partial charge in [0.25, 0.3) is 0 Å². The van der Waals surface area contributed by atoms with Crippen LogP contribution in [0.4, 0.5) is 0 Å². The molecule has 1 heterocycles. The van der Waals surface area contributed by atoms with E-state index in [0.717, 1.165) is 11.1 Å². The summed E-state index contributed by atoms with van der Waals surface area (Å²) in [6.45, 7) is 0. The molecule has 0 unspecified atom stereocenters. The van der Waals surface area contributed by atoms with Crippen molar-refractivity contribution in [3.05, 3.63) is 83.9 Å². The molecule has 3 aromatic carbocycles. The van der Waals surface area contributed by atoms with Gasteiger partial charge in [0.15, 0.2) is 0 Å². The molecule has 0 aliphatic heterocycles. The molecule has 0 bridgehead atoms. The summed E-state index contributed by atoms with van der Waals surface area (Å²) in [5.74, 6) is 0.541. The van der Waals surface area contributed by atoms with E-state index in [4.69, 9.17) is 26.6 Å². The average molecular weight is 440 g/mol. The van der Waals surface area contributed by atoms with Crippen LogP contribution in [0.5, 0.6) is 5.75 Å². The number of methoxy groups -OCH3 is 1. The first kappa shape index (κ1) is 20.2. The van der Waals surface area contributed by atoms with Gasteiger partial charge in [0.1, 0.15) is 10.6 Å². The molecule has 0 fully saturated rings. The Labute approximate surface area is 179 Å². The number of benzene rings is 3. The Bertz CT molecular complexity index is 1320. The molecule has 1 aromatic heterocycles. The first-order valence-corrected chi connectivity index (χ1v) is 10.9. The molecule has 4 aromatic rings.